The molecule has 0 unspecified atom stereocenters. The molecule has 0 aromatic heterocycles. The maximum Gasteiger partial charge on any atom is 0.251 e. The highest BCUT2D eigenvalue weighted by Crippen LogP contribution is 2.17. The van der Waals surface area contributed by atoms with Crippen LogP contribution in [0.2, 0.25) is 0 Å². The molecule has 5 heteroatoms. The lowest BCUT2D eigenvalue weighted by molar-refractivity contribution is 0.0950. The summed E-state index contributed by atoms with van der Waals surface area (Å²) >= 11 is 0. The van der Waals surface area contributed by atoms with E-state index in [2.05, 4.69) is 41.1 Å². The van der Waals surface area contributed by atoms with Crippen molar-refractivity contribution in [3.8, 4) is 5.75 Å². The number of carbonyl (C=O) groups excluding carboxylic acids is 1. The molecule has 0 bridgehead atoms. The lowest BCUT2D eigenvalue weighted by Crippen LogP contribution is -2.36. The second kappa shape index (κ2) is 9.24. The van der Waals surface area contributed by atoms with Crippen LogP contribution < -0.4 is 15.0 Å². The van der Waals surface area contributed by atoms with Gasteiger partial charge in [-0.2, -0.15) is 0 Å². The van der Waals surface area contributed by atoms with Crippen LogP contribution in [0.5, 0.6) is 5.75 Å². The Morgan fingerprint density at radius 2 is 1.93 bits per heavy atom. The van der Waals surface area contributed by atoms with Crippen LogP contribution in [0.4, 0.5) is 5.69 Å². The van der Waals surface area contributed by atoms with Gasteiger partial charge < -0.3 is 19.7 Å². The third kappa shape index (κ3) is 5.59. The van der Waals surface area contributed by atoms with Crippen LogP contribution >= 0.6 is 0 Å². The van der Waals surface area contributed by atoms with Gasteiger partial charge in [0.15, 0.2) is 0 Å². The quantitative estimate of drug-likeness (QED) is 0.763. The van der Waals surface area contributed by atoms with Gasteiger partial charge in [-0.3, -0.25) is 4.79 Å². The number of hydrogen-bond acceptors (Lipinski definition) is 4. The molecule has 3 rings (SSSR count). The Labute approximate surface area is 160 Å². The molecule has 1 N–H and O–H groups in total. The van der Waals surface area contributed by atoms with Crippen LogP contribution in [0.25, 0.3) is 0 Å². The molecule has 1 saturated heterocycles. The molecule has 0 saturated carbocycles. The average Bonchev–Trinajstić information content (AvgIpc) is 2.72. The molecule has 2 aromatic carbocycles. The number of nitrogens with zero attached hydrogens (tertiary/aromatic N) is 1. The number of benzene rings is 2. The number of rotatable bonds is 7. The van der Waals surface area contributed by atoms with E-state index >= 15 is 0 Å². The Bertz CT molecular complexity index is 780. The minimum atomic E-state index is -0.118. The second-order valence-corrected chi connectivity index (χ2v) is 6.72. The number of anilines is 1. The van der Waals surface area contributed by atoms with Crippen molar-refractivity contribution in [1.82, 2.24) is 5.32 Å². The van der Waals surface area contributed by atoms with Crippen LogP contribution in [-0.4, -0.2) is 38.8 Å². The summed E-state index contributed by atoms with van der Waals surface area (Å²) in [4.78, 5) is 14.7. The molecular formula is C22H26N2O3. The van der Waals surface area contributed by atoms with Crippen LogP contribution in [0.1, 0.15) is 22.8 Å². The fourth-order valence-corrected chi connectivity index (χ4v) is 2.86. The first-order valence-corrected chi connectivity index (χ1v) is 9.19. The van der Waals surface area contributed by atoms with Crippen molar-refractivity contribution in [2.24, 2.45) is 0 Å². The molecule has 0 spiro atoms. The monoisotopic (exact) mass is 366 g/mol. The summed E-state index contributed by atoms with van der Waals surface area (Å²) in [5.74, 6) is 0.550. The van der Waals surface area contributed by atoms with Gasteiger partial charge in [-0.15, -0.1) is 0 Å². The van der Waals surface area contributed by atoms with Crippen molar-refractivity contribution in [3.05, 3.63) is 71.8 Å². The molecule has 0 atom stereocenters. The van der Waals surface area contributed by atoms with Crippen molar-refractivity contribution in [2.75, 3.05) is 37.8 Å². The van der Waals surface area contributed by atoms with Crippen LogP contribution in [0.3, 0.4) is 0 Å². The molecule has 1 heterocycles. The smallest absolute Gasteiger partial charge is 0.251 e. The predicted octanol–water partition coefficient (Wildman–Crippen LogP) is 3.41. The van der Waals surface area contributed by atoms with Gasteiger partial charge in [-0.1, -0.05) is 24.8 Å². The van der Waals surface area contributed by atoms with E-state index in [9.17, 15) is 4.79 Å². The van der Waals surface area contributed by atoms with Gasteiger partial charge in [0.1, 0.15) is 12.4 Å². The Morgan fingerprint density at radius 1 is 1.19 bits per heavy atom. The minimum absolute atomic E-state index is 0.118. The van der Waals surface area contributed by atoms with Gasteiger partial charge in [0.2, 0.25) is 0 Å². The summed E-state index contributed by atoms with van der Waals surface area (Å²) in [6, 6.07) is 15.5. The van der Waals surface area contributed by atoms with E-state index in [1.807, 2.05) is 19.1 Å². The van der Waals surface area contributed by atoms with Gasteiger partial charge in [0.05, 0.1) is 13.2 Å². The number of amides is 1. The third-order valence-electron chi connectivity index (χ3n) is 4.35. The topological polar surface area (TPSA) is 50.8 Å². The van der Waals surface area contributed by atoms with Gasteiger partial charge in [0, 0.05) is 30.9 Å². The Hall–Kier alpha value is -2.79. The standard InChI is InChI=1S/C22H26N2O3/c1-17(2)16-27-21-5-3-4-19(14-21)22(25)23-15-18-6-8-20(9-7-18)24-10-12-26-13-11-24/h3-9,14H,1,10-13,15-16H2,2H3,(H,23,25). The Morgan fingerprint density at radius 3 is 2.63 bits per heavy atom. The van der Waals surface area contributed by atoms with Crippen LogP contribution in [0, 0.1) is 0 Å². The summed E-state index contributed by atoms with van der Waals surface area (Å²) in [7, 11) is 0. The lowest BCUT2D eigenvalue weighted by atomic mass is 10.1. The molecule has 27 heavy (non-hydrogen) atoms. The van der Waals surface area contributed by atoms with E-state index in [1.165, 1.54) is 5.69 Å². The predicted molar refractivity (Wildman–Crippen MR) is 107 cm³/mol. The average molecular weight is 366 g/mol. The fourth-order valence-electron chi connectivity index (χ4n) is 2.86. The second-order valence-electron chi connectivity index (χ2n) is 6.72. The van der Waals surface area contributed by atoms with E-state index in [1.54, 1.807) is 12.1 Å². The molecule has 1 fully saturated rings. The van der Waals surface area contributed by atoms with Crippen molar-refractivity contribution in [1.29, 1.82) is 0 Å². The lowest BCUT2D eigenvalue weighted by Gasteiger charge is -2.28. The number of carbonyl (C=O) groups is 1. The summed E-state index contributed by atoms with van der Waals surface area (Å²) in [5.41, 5.74) is 3.77. The normalized spacial score (nSPS) is 13.9. The van der Waals surface area contributed by atoms with Crippen LogP contribution in [-0.2, 0) is 11.3 Å². The van der Waals surface area contributed by atoms with Crippen molar-refractivity contribution in [3.63, 3.8) is 0 Å². The van der Waals surface area contributed by atoms with Crippen molar-refractivity contribution >= 4 is 11.6 Å². The zero-order chi connectivity index (χ0) is 19.1. The van der Waals surface area contributed by atoms with Gasteiger partial charge in [0.25, 0.3) is 5.91 Å². The zero-order valence-electron chi connectivity index (χ0n) is 15.7. The number of nitrogens with one attached hydrogen (secondary N) is 1. The number of hydrogen-bond donors (Lipinski definition) is 1. The van der Waals surface area contributed by atoms with Gasteiger partial charge in [-0.25, -0.2) is 0 Å². The van der Waals surface area contributed by atoms with Crippen molar-refractivity contribution in [2.45, 2.75) is 13.5 Å². The molecular weight excluding hydrogens is 340 g/mol. The molecule has 0 radical (unpaired) electrons. The first kappa shape index (κ1) is 19.0. The molecule has 2 aromatic rings. The molecule has 1 aliphatic heterocycles. The van der Waals surface area contributed by atoms with Gasteiger partial charge >= 0.3 is 0 Å². The highest BCUT2D eigenvalue weighted by Gasteiger charge is 2.11. The van der Waals surface area contributed by atoms with E-state index < -0.39 is 0 Å². The Balaban J connectivity index is 1.54. The first-order valence-electron chi connectivity index (χ1n) is 9.19. The van der Waals surface area contributed by atoms with E-state index in [0.29, 0.717) is 24.5 Å². The number of morpholine rings is 1. The minimum Gasteiger partial charge on any atom is -0.489 e. The fraction of sp³-hybridized carbons (Fsp3) is 0.318. The van der Waals surface area contributed by atoms with Crippen molar-refractivity contribution < 1.29 is 14.3 Å². The SMILES string of the molecule is C=C(C)COc1cccc(C(=O)NCc2ccc(N3CCOCC3)cc2)c1. The summed E-state index contributed by atoms with van der Waals surface area (Å²) in [6.45, 7) is 10.0. The molecule has 1 aliphatic rings. The molecule has 1 amide bonds. The third-order valence-corrected chi connectivity index (χ3v) is 4.35. The largest absolute Gasteiger partial charge is 0.489 e. The maximum atomic E-state index is 12.4. The first-order chi connectivity index (χ1) is 13.1. The summed E-state index contributed by atoms with van der Waals surface area (Å²) < 4.78 is 11.0. The Kier molecular flexibility index (Phi) is 6.49. The molecule has 0 aliphatic carbocycles. The highest BCUT2D eigenvalue weighted by atomic mass is 16.5. The van der Waals surface area contributed by atoms with E-state index in [4.69, 9.17) is 9.47 Å². The van der Waals surface area contributed by atoms with Gasteiger partial charge in [-0.05, 0) is 48.4 Å². The highest BCUT2D eigenvalue weighted by molar-refractivity contribution is 5.94. The molecule has 142 valence electrons. The van der Waals surface area contributed by atoms with Crippen LogP contribution in [0.15, 0.2) is 60.7 Å². The van der Waals surface area contributed by atoms with E-state index in [0.717, 1.165) is 37.4 Å². The summed E-state index contributed by atoms with van der Waals surface area (Å²) in [6.07, 6.45) is 0. The maximum absolute atomic E-state index is 12.4. The number of ether oxygens (including phenoxy) is 2. The molecule has 5 nitrogen and oxygen atoms in total. The van der Waals surface area contributed by atoms with E-state index in [-0.39, 0.29) is 5.91 Å². The summed E-state index contributed by atoms with van der Waals surface area (Å²) in [5, 5.41) is 2.96. The zero-order valence-corrected chi connectivity index (χ0v) is 15.7.